The van der Waals surface area contributed by atoms with Crippen molar-refractivity contribution in [3.8, 4) is 6.07 Å². The highest BCUT2D eigenvalue weighted by Gasteiger charge is 2.33. The summed E-state index contributed by atoms with van der Waals surface area (Å²) in [5, 5.41) is 31.9. The molecule has 9 heteroatoms. The van der Waals surface area contributed by atoms with Crippen LogP contribution < -0.4 is 21.7 Å². The summed E-state index contributed by atoms with van der Waals surface area (Å²) in [7, 11) is 0. The van der Waals surface area contributed by atoms with E-state index in [0.29, 0.717) is 39.7 Å². The topological polar surface area (TPSA) is 132 Å². The van der Waals surface area contributed by atoms with Gasteiger partial charge in [0.05, 0.1) is 45.2 Å². The molecule has 2 aromatic heterocycles. The second-order valence-corrected chi connectivity index (χ2v) is 10.9. The summed E-state index contributed by atoms with van der Waals surface area (Å²) in [5.41, 5.74) is 10.8. The molecule has 0 aliphatic heterocycles. The Morgan fingerprint density at radius 1 is 1.15 bits per heavy atom. The summed E-state index contributed by atoms with van der Waals surface area (Å²) in [4.78, 5) is 8.79. The van der Waals surface area contributed by atoms with Gasteiger partial charge in [0.25, 0.3) is 0 Å². The fraction of sp³-hybridized carbons (Fsp3) is 0.281. The summed E-state index contributed by atoms with van der Waals surface area (Å²) in [6, 6.07) is 19.5. The lowest BCUT2D eigenvalue weighted by Gasteiger charge is -2.36. The number of halogens is 1. The minimum Gasteiger partial charge on any atom is -0.399 e. The van der Waals surface area contributed by atoms with Crippen LogP contribution in [-0.2, 0) is 0 Å². The second-order valence-electron chi connectivity index (χ2n) is 10.5. The highest BCUT2D eigenvalue weighted by Crippen LogP contribution is 2.37. The quantitative estimate of drug-likeness (QED) is 0.145. The van der Waals surface area contributed by atoms with E-state index in [-0.39, 0.29) is 6.04 Å². The fourth-order valence-electron chi connectivity index (χ4n) is 5.14. The number of benzene rings is 2. The third-order valence-electron chi connectivity index (χ3n) is 7.62. The van der Waals surface area contributed by atoms with Crippen molar-refractivity contribution >= 4 is 33.9 Å². The molecule has 0 bridgehead atoms. The third kappa shape index (κ3) is 6.37. The standard InChI is InChI=1S/C32H34ClN7O/c1-2-28(21-8-4-3-5-9-21)40-29-23(16-34)18-38-31-25(29)14-24(15-26(31)33)39-30(22-10-6-13-36-17-22)27(35)19-37-20-32(41)11-7-12-32/h3-6,8-10,13-15,17-19,28,30,37,39,41H,2,7,11-12,20,35H2,1H3,(H,38,40)/b27-19-. The van der Waals surface area contributed by atoms with Gasteiger partial charge in [-0.2, -0.15) is 5.26 Å². The van der Waals surface area contributed by atoms with Crippen molar-refractivity contribution in [2.75, 3.05) is 17.2 Å². The van der Waals surface area contributed by atoms with Gasteiger partial charge >= 0.3 is 0 Å². The van der Waals surface area contributed by atoms with Gasteiger partial charge in [0.15, 0.2) is 0 Å². The molecule has 210 valence electrons. The van der Waals surface area contributed by atoms with Gasteiger partial charge in [0.2, 0.25) is 0 Å². The molecule has 1 saturated carbocycles. The number of hydrogen-bond donors (Lipinski definition) is 5. The average Bonchev–Trinajstić information content (AvgIpc) is 2.98. The minimum atomic E-state index is -0.676. The van der Waals surface area contributed by atoms with E-state index in [1.807, 2.05) is 42.5 Å². The predicted octanol–water partition coefficient (Wildman–Crippen LogP) is 6.18. The van der Waals surface area contributed by atoms with Crippen LogP contribution in [0.25, 0.3) is 10.9 Å². The Balaban J connectivity index is 1.51. The Kier molecular flexibility index (Phi) is 8.58. The van der Waals surface area contributed by atoms with Crippen LogP contribution in [0.1, 0.15) is 61.4 Å². The first kappa shape index (κ1) is 28.2. The molecule has 0 spiro atoms. The van der Waals surface area contributed by atoms with Crippen molar-refractivity contribution in [1.82, 2.24) is 15.3 Å². The summed E-state index contributed by atoms with van der Waals surface area (Å²) < 4.78 is 0. The molecular weight excluding hydrogens is 534 g/mol. The molecule has 2 aromatic carbocycles. The number of anilines is 2. The van der Waals surface area contributed by atoms with Crippen LogP contribution in [0.3, 0.4) is 0 Å². The van der Waals surface area contributed by atoms with Crippen LogP contribution in [0.2, 0.25) is 5.02 Å². The van der Waals surface area contributed by atoms with Gasteiger partial charge in [-0.1, -0.05) is 54.9 Å². The maximum atomic E-state index is 10.5. The van der Waals surface area contributed by atoms with E-state index >= 15 is 0 Å². The molecule has 41 heavy (non-hydrogen) atoms. The molecule has 2 atom stereocenters. The van der Waals surface area contributed by atoms with E-state index in [4.69, 9.17) is 17.3 Å². The highest BCUT2D eigenvalue weighted by atomic mass is 35.5. The van der Waals surface area contributed by atoms with Gasteiger partial charge in [-0.15, -0.1) is 0 Å². The molecule has 2 unspecified atom stereocenters. The van der Waals surface area contributed by atoms with Gasteiger partial charge in [-0.05, 0) is 55.0 Å². The van der Waals surface area contributed by atoms with Crippen molar-refractivity contribution in [1.29, 1.82) is 5.26 Å². The van der Waals surface area contributed by atoms with Crippen molar-refractivity contribution in [2.45, 2.75) is 50.3 Å². The zero-order valence-electron chi connectivity index (χ0n) is 22.9. The number of nitrogens with one attached hydrogen (secondary N) is 3. The Morgan fingerprint density at radius 2 is 1.93 bits per heavy atom. The normalized spacial score (nSPS) is 15.8. The Bertz CT molecular complexity index is 1570. The van der Waals surface area contributed by atoms with Crippen LogP contribution in [0.4, 0.5) is 11.4 Å². The molecule has 1 aliphatic carbocycles. The number of pyridine rings is 2. The van der Waals surface area contributed by atoms with E-state index in [9.17, 15) is 10.4 Å². The van der Waals surface area contributed by atoms with Gasteiger partial charge in [0, 0.05) is 42.4 Å². The zero-order valence-corrected chi connectivity index (χ0v) is 23.7. The number of hydrogen-bond acceptors (Lipinski definition) is 8. The Labute approximate surface area is 245 Å². The zero-order chi connectivity index (χ0) is 28.8. The minimum absolute atomic E-state index is 0.0115. The van der Waals surface area contributed by atoms with Gasteiger partial charge in [-0.25, -0.2) is 0 Å². The van der Waals surface area contributed by atoms with Crippen LogP contribution in [-0.4, -0.2) is 27.2 Å². The number of nitriles is 1. The molecule has 0 radical (unpaired) electrons. The van der Waals surface area contributed by atoms with Gasteiger partial charge in [0.1, 0.15) is 6.07 Å². The lowest BCUT2D eigenvalue weighted by atomic mass is 9.80. The molecule has 0 amide bonds. The van der Waals surface area contributed by atoms with Crippen LogP contribution in [0.15, 0.2) is 85.1 Å². The first-order valence-corrected chi connectivity index (χ1v) is 14.2. The smallest absolute Gasteiger partial charge is 0.103 e. The maximum Gasteiger partial charge on any atom is 0.103 e. The van der Waals surface area contributed by atoms with E-state index in [1.165, 1.54) is 0 Å². The maximum absolute atomic E-state index is 10.5. The number of nitrogens with two attached hydrogens (primary N) is 1. The first-order chi connectivity index (χ1) is 19.9. The molecule has 8 nitrogen and oxygen atoms in total. The second kappa shape index (κ2) is 12.5. The molecule has 2 heterocycles. The molecule has 6 N–H and O–H groups in total. The number of fused-ring (bicyclic) bond motifs is 1. The SMILES string of the molecule is CCC(Nc1c(C#N)cnc2c(Cl)cc(NC(/C(N)=C/NCC3(O)CCC3)c3cccnc3)cc12)c1ccccc1. The van der Waals surface area contributed by atoms with E-state index < -0.39 is 11.6 Å². The van der Waals surface area contributed by atoms with Crippen molar-refractivity contribution < 1.29 is 5.11 Å². The van der Waals surface area contributed by atoms with E-state index in [2.05, 4.69) is 51.0 Å². The van der Waals surface area contributed by atoms with Crippen LogP contribution >= 0.6 is 11.6 Å². The van der Waals surface area contributed by atoms with Crippen molar-refractivity contribution in [2.24, 2.45) is 5.73 Å². The number of aromatic nitrogens is 2. The Morgan fingerprint density at radius 3 is 2.59 bits per heavy atom. The summed E-state index contributed by atoms with van der Waals surface area (Å²) in [6.45, 7) is 2.54. The summed E-state index contributed by atoms with van der Waals surface area (Å²) in [5.74, 6) is 0. The van der Waals surface area contributed by atoms with E-state index in [1.54, 1.807) is 24.8 Å². The molecule has 0 saturated heterocycles. The Hall–Kier alpha value is -4.32. The molecule has 1 aliphatic rings. The predicted molar refractivity (Wildman–Crippen MR) is 164 cm³/mol. The van der Waals surface area contributed by atoms with Gasteiger partial charge in [-0.3, -0.25) is 9.97 Å². The lowest BCUT2D eigenvalue weighted by molar-refractivity contribution is -0.0288. The fourth-order valence-corrected chi connectivity index (χ4v) is 5.41. The third-order valence-corrected chi connectivity index (χ3v) is 7.91. The molecule has 4 aromatic rings. The first-order valence-electron chi connectivity index (χ1n) is 13.8. The van der Waals surface area contributed by atoms with Crippen molar-refractivity contribution in [3.63, 3.8) is 0 Å². The molecular formula is C32H34ClN7O. The number of nitrogens with zero attached hydrogens (tertiary/aromatic N) is 3. The highest BCUT2D eigenvalue weighted by molar-refractivity contribution is 6.35. The number of rotatable bonds is 11. The molecule has 5 rings (SSSR count). The summed E-state index contributed by atoms with van der Waals surface area (Å²) in [6.07, 6.45) is 10.2. The summed E-state index contributed by atoms with van der Waals surface area (Å²) >= 11 is 6.77. The van der Waals surface area contributed by atoms with E-state index in [0.717, 1.165) is 42.2 Å². The van der Waals surface area contributed by atoms with Gasteiger partial charge < -0.3 is 26.8 Å². The number of aliphatic hydroxyl groups is 1. The monoisotopic (exact) mass is 567 g/mol. The lowest BCUT2D eigenvalue weighted by Crippen LogP contribution is -2.45. The van der Waals surface area contributed by atoms with Crippen molar-refractivity contribution in [3.05, 3.63) is 107 Å². The van der Waals surface area contributed by atoms with Crippen LogP contribution in [0, 0.1) is 11.3 Å². The average molecular weight is 568 g/mol. The molecule has 1 fully saturated rings. The van der Waals surface area contributed by atoms with Crippen LogP contribution in [0.5, 0.6) is 0 Å². The largest absolute Gasteiger partial charge is 0.399 e.